The maximum atomic E-state index is 10.3. The molecule has 9 atom stereocenters. The molecule has 0 bridgehead atoms. The van der Waals surface area contributed by atoms with E-state index >= 15 is 0 Å². The predicted octanol–water partition coefficient (Wildman–Crippen LogP) is 8.29. The molecular formula is C30H52O. The summed E-state index contributed by atoms with van der Waals surface area (Å²) < 4.78 is 0. The molecule has 0 amide bonds. The van der Waals surface area contributed by atoms with Crippen molar-refractivity contribution in [3.05, 3.63) is 23.8 Å². The van der Waals surface area contributed by atoms with Gasteiger partial charge in [-0.25, -0.2) is 0 Å². The number of hydrogen-bond donors (Lipinski definition) is 1. The van der Waals surface area contributed by atoms with Crippen LogP contribution in [0.3, 0.4) is 0 Å². The van der Waals surface area contributed by atoms with Crippen molar-refractivity contribution in [3.8, 4) is 0 Å². The van der Waals surface area contributed by atoms with Crippen molar-refractivity contribution < 1.29 is 5.11 Å². The van der Waals surface area contributed by atoms with Gasteiger partial charge in [-0.1, -0.05) is 78.7 Å². The molecule has 178 valence electrons. The van der Waals surface area contributed by atoms with Crippen LogP contribution in [-0.2, 0) is 0 Å². The highest BCUT2D eigenvalue weighted by Crippen LogP contribution is 2.59. The van der Waals surface area contributed by atoms with E-state index in [1.165, 1.54) is 51.4 Å². The first kappa shape index (κ1) is 25.1. The van der Waals surface area contributed by atoms with Crippen molar-refractivity contribution in [2.24, 2.45) is 58.7 Å². The molecule has 3 fully saturated rings. The van der Waals surface area contributed by atoms with Crippen LogP contribution in [0.4, 0.5) is 0 Å². The smallest absolute Gasteiger partial charge is 0.0496 e. The van der Waals surface area contributed by atoms with Crippen molar-refractivity contribution in [3.63, 3.8) is 0 Å². The Kier molecular flexibility index (Phi) is 8.56. The van der Waals surface area contributed by atoms with Crippen LogP contribution >= 0.6 is 0 Å². The summed E-state index contributed by atoms with van der Waals surface area (Å²) in [6.45, 7) is 17.2. The Bertz CT molecular complexity index is 630. The summed E-state index contributed by atoms with van der Waals surface area (Å²) in [5.41, 5.74) is 2.20. The molecule has 9 unspecified atom stereocenters. The van der Waals surface area contributed by atoms with Gasteiger partial charge in [0.25, 0.3) is 0 Å². The first-order valence-corrected chi connectivity index (χ1v) is 13.7. The minimum atomic E-state index is 0.341. The molecule has 3 aliphatic rings. The topological polar surface area (TPSA) is 20.2 Å². The molecule has 1 N–H and O–H groups in total. The molecule has 0 aliphatic heterocycles. The number of hydrogen-bond acceptors (Lipinski definition) is 1. The lowest BCUT2D eigenvalue weighted by molar-refractivity contribution is 0.119. The molecular weight excluding hydrogens is 376 g/mol. The summed E-state index contributed by atoms with van der Waals surface area (Å²) in [7, 11) is 0. The number of aliphatic hydroxyl groups is 1. The zero-order chi connectivity index (χ0) is 22.8. The van der Waals surface area contributed by atoms with Gasteiger partial charge in [0.1, 0.15) is 0 Å². The number of aliphatic hydroxyl groups excluding tert-OH is 1. The van der Waals surface area contributed by atoms with Crippen LogP contribution < -0.4 is 0 Å². The fraction of sp³-hybridized carbons (Fsp3) is 0.867. The van der Waals surface area contributed by atoms with E-state index in [-0.39, 0.29) is 0 Å². The Balaban J connectivity index is 1.69. The highest BCUT2D eigenvalue weighted by atomic mass is 16.3. The van der Waals surface area contributed by atoms with Crippen LogP contribution in [0, 0.1) is 58.7 Å². The molecule has 0 saturated heterocycles. The summed E-state index contributed by atoms with van der Waals surface area (Å²) in [5.74, 6) is 6.35. The van der Waals surface area contributed by atoms with E-state index in [0.717, 1.165) is 29.6 Å². The lowest BCUT2D eigenvalue weighted by atomic mass is 9.61. The average Bonchev–Trinajstić information content (AvgIpc) is 3.24. The normalized spacial score (nSPS) is 40.5. The molecule has 1 heteroatoms. The molecule has 3 saturated carbocycles. The molecule has 3 aliphatic carbocycles. The van der Waals surface area contributed by atoms with E-state index in [9.17, 15) is 5.11 Å². The molecule has 0 aromatic heterocycles. The Morgan fingerprint density at radius 3 is 2.39 bits per heavy atom. The lowest BCUT2D eigenvalue weighted by Gasteiger charge is -2.43. The Morgan fingerprint density at radius 1 is 1.03 bits per heavy atom. The van der Waals surface area contributed by atoms with Crippen LogP contribution in [0.25, 0.3) is 0 Å². The predicted molar refractivity (Wildman–Crippen MR) is 135 cm³/mol. The number of allylic oxidation sites excluding steroid dienone is 3. The second-order valence-electron chi connectivity index (χ2n) is 12.6. The maximum Gasteiger partial charge on any atom is 0.0496 e. The van der Waals surface area contributed by atoms with Crippen LogP contribution in [-0.4, -0.2) is 11.7 Å². The van der Waals surface area contributed by atoms with Gasteiger partial charge in [-0.15, -0.1) is 0 Å². The second-order valence-corrected chi connectivity index (χ2v) is 12.6. The van der Waals surface area contributed by atoms with Crippen molar-refractivity contribution in [2.75, 3.05) is 6.61 Å². The van der Waals surface area contributed by atoms with Crippen LogP contribution in [0.5, 0.6) is 0 Å². The average molecular weight is 429 g/mol. The Labute approximate surface area is 194 Å². The fourth-order valence-corrected chi connectivity index (χ4v) is 7.44. The van der Waals surface area contributed by atoms with Gasteiger partial charge >= 0.3 is 0 Å². The molecule has 0 radical (unpaired) electrons. The van der Waals surface area contributed by atoms with Gasteiger partial charge in [0.2, 0.25) is 0 Å². The highest BCUT2D eigenvalue weighted by Gasteiger charge is 2.49. The molecule has 0 aromatic carbocycles. The van der Waals surface area contributed by atoms with E-state index in [4.69, 9.17) is 0 Å². The third kappa shape index (κ3) is 5.51. The van der Waals surface area contributed by atoms with Gasteiger partial charge in [-0.3, -0.25) is 0 Å². The quantitative estimate of drug-likeness (QED) is 0.385. The van der Waals surface area contributed by atoms with Crippen molar-refractivity contribution in [1.29, 1.82) is 0 Å². The maximum absolute atomic E-state index is 10.3. The van der Waals surface area contributed by atoms with E-state index in [1.54, 1.807) is 5.57 Å². The zero-order valence-corrected chi connectivity index (χ0v) is 21.7. The summed E-state index contributed by atoms with van der Waals surface area (Å²) in [5, 5.41) is 10.3. The van der Waals surface area contributed by atoms with Crippen molar-refractivity contribution >= 4 is 0 Å². The summed E-state index contributed by atoms with van der Waals surface area (Å²) >= 11 is 0. The highest BCUT2D eigenvalue weighted by molar-refractivity contribution is 5.20. The largest absolute Gasteiger partial charge is 0.396 e. The van der Waals surface area contributed by atoms with E-state index in [2.05, 4.69) is 66.7 Å². The van der Waals surface area contributed by atoms with Crippen LogP contribution in [0.2, 0.25) is 0 Å². The second kappa shape index (κ2) is 10.6. The number of fused-ring (bicyclic) bond motifs is 1. The molecule has 0 aromatic rings. The molecule has 3 rings (SSSR count). The van der Waals surface area contributed by atoms with E-state index in [1.807, 2.05) is 0 Å². The third-order valence-corrected chi connectivity index (χ3v) is 10.3. The Morgan fingerprint density at radius 2 is 1.77 bits per heavy atom. The first-order valence-electron chi connectivity index (χ1n) is 13.7. The number of rotatable bonds is 8. The van der Waals surface area contributed by atoms with Gasteiger partial charge < -0.3 is 5.11 Å². The van der Waals surface area contributed by atoms with E-state index < -0.39 is 0 Å². The summed E-state index contributed by atoms with van der Waals surface area (Å²) in [4.78, 5) is 0. The van der Waals surface area contributed by atoms with Gasteiger partial charge in [0.15, 0.2) is 0 Å². The molecule has 31 heavy (non-hydrogen) atoms. The van der Waals surface area contributed by atoms with Crippen molar-refractivity contribution in [1.82, 2.24) is 0 Å². The monoisotopic (exact) mass is 428 g/mol. The minimum absolute atomic E-state index is 0.341. The van der Waals surface area contributed by atoms with Gasteiger partial charge in [-0.05, 0) is 97.7 Å². The standard InChI is InChI=1S/C30H52O/c1-20(2)22(4)11-10-21(3)17-27-13-15-29-25(9-8-16-30(27,29)7)18-26(19-31)28-14-12-23(5)24(28)6/h10-11,18,20-24,26-29,31H,8-9,12-17,19H2,1-7H3. The Hall–Kier alpha value is -0.560. The molecule has 1 nitrogen and oxygen atoms in total. The van der Waals surface area contributed by atoms with Gasteiger partial charge in [0, 0.05) is 12.5 Å². The first-order chi connectivity index (χ1) is 14.7. The van der Waals surface area contributed by atoms with Crippen LogP contribution in [0.15, 0.2) is 23.8 Å². The minimum Gasteiger partial charge on any atom is -0.396 e. The fourth-order valence-electron chi connectivity index (χ4n) is 7.44. The van der Waals surface area contributed by atoms with Gasteiger partial charge in [0.05, 0.1) is 0 Å². The zero-order valence-electron chi connectivity index (χ0n) is 21.7. The van der Waals surface area contributed by atoms with E-state index in [0.29, 0.717) is 35.7 Å². The van der Waals surface area contributed by atoms with Gasteiger partial charge in [-0.2, -0.15) is 0 Å². The van der Waals surface area contributed by atoms with Crippen molar-refractivity contribution in [2.45, 2.75) is 99.8 Å². The molecule has 0 heterocycles. The SMILES string of the molecule is CC(C=CC(C)C(C)C)CC1CCC2C(=CC(CO)C3CCC(C)C3C)CCCC12C. The third-order valence-electron chi connectivity index (χ3n) is 10.3. The molecule has 0 spiro atoms. The lowest BCUT2D eigenvalue weighted by Crippen LogP contribution is -2.34. The summed E-state index contributed by atoms with van der Waals surface area (Å²) in [6, 6.07) is 0. The van der Waals surface area contributed by atoms with Crippen LogP contribution in [0.1, 0.15) is 99.8 Å². The summed E-state index contributed by atoms with van der Waals surface area (Å²) in [6.07, 6.45) is 18.4.